The zero-order valence-corrected chi connectivity index (χ0v) is 16.2. The van der Waals surface area contributed by atoms with Gasteiger partial charge in [0.15, 0.2) is 0 Å². The molecule has 0 saturated carbocycles. The largest absolute Gasteiger partial charge is 0.497 e. The summed E-state index contributed by atoms with van der Waals surface area (Å²) in [5, 5.41) is 6.24. The lowest BCUT2D eigenvalue weighted by molar-refractivity contribution is -0.122. The Labute approximate surface area is 158 Å². The van der Waals surface area contributed by atoms with Gasteiger partial charge in [0.25, 0.3) is 0 Å². The van der Waals surface area contributed by atoms with Crippen LogP contribution < -0.4 is 10.1 Å². The maximum Gasteiger partial charge on any atom is 0.234 e. The minimum atomic E-state index is 0.0735. The molecule has 6 nitrogen and oxygen atoms in total. The summed E-state index contributed by atoms with van der Waals surface area (Å²) in [4.78, 5) is 21.3. The zero-order chi connectivity index (χ0) is 18.4. The topological polar surface area (TPSA) is 57.7 Å². The lowest BCUT2D eigenvalue weighted by Crippen LogP contribution is -2.49. The molecule has 1 aliphatic heterocycles. The molecule has 0 bridgehead atoms. The monoisotopic (exact) mass is 374 g/mol. The molecular weight excluding hydrogens is 348 g/mol. The Kier molecular flexibility index (Phi) is 6.60. The fourth-order valence-electron chi connectivity index (χ4n) is 3.02. The average Bonchev–Trinajstić information content (AvgIpc) is 3.07. The van der Waals surface area contributed by atoms with Gasteiger partial charge in [0.05, 0.1) is 24.4 Å². The molecule has 0 radical (unpaired) electrons. The van der Waals surface area contributed by atoms with Crippen LogP contribution in [0.15, 0.2) is 29.6 Å². The molecule has 0 unspecified atom stereocenters. The molecule has 0 aliphatic carbocycles. The molecule has 7 heteroatoms. The average molecular weight is 375 g/mol. The zero-order valence-electron chi connectivity index (χ0n) is 15.4. The fraction of sp³-hybridized carbons (Fsp3) is 0.474. The highest BCUT2D eigenvalue weighted by atomic mass is 32.1. The van der Waals surface area contributed by atoms with Crippen molar-refractivity contribution < 1.29 is 9.53 Å². The van der Waals surface area contributed by atoms with Crippen LogP contribution in [0, 0.1) is 6.92 Å². The van der Waals surface area contributed by atoms with Crippen LogP contribution in [0.3, 0.4) is 0 Å². The Morgan fingerprint density at radius 2 is 1.88 bits per heavy atom. The molecule has 1 aromatic carbocycles. The normalized spacial score (nSPS) is 15.8. The quantitative estimate of drug-likeness (QED) is 0.802. The van der Waals surface area contributed by atoms with Crippen LogP contribution in [-0.2, 0) is 17.9 Å². The summed E-state index contributed by atoms with van der Waals surface area (Å²) in [5.41, 5.74) is 2.22. The molecule has 26 heavy (non-hydrogen) atoms. The van der Waals surface area contributed by atoms with E-state index in [1.165, 1.54) is 0 Å². The van der Waals surface area contributed by atoms with Crippen molar-refractivity contribution in [2.45, 2.75) is 20.0 Å². The molecule has 140 valence electrons. The Bertz CT molecular complexity index is 709. The van der Waals surface area contributed by atoms with Gasteiger partial charge in [0.2, 0.25) is 5.91 Å². The van der Waals surface area contributed by atoms with E-state index in [1.54, 1.807) is 18.4 Å². The van der Waals surface area contributed by atoms with Gasteiger partial charge in [0.1, 0.15) is 5.75 Å². The van der Waals surface area contributed by atoms with Crippen molar-refractivity contribution in [1.29, 1.82) is 0 Å². The number of nitrogens with zero attached hydrogens (tertiary/aromatic N) is 3. The van der Waals surface area contributed by atoms with Crippen LogP contribution in [0.2, 0.25) is 0 Å². The molecule has 2 aromatic rings. The molecule has 1 aromatic heterocycles. The molecule has 1 amide bonds. The smallest absolute Gasteiger partial charge is 0.234 e. The van der Waals surface area contributed by atoms with Crippen LogP contribution in [0.1, 0.15) is 16.3 Å². The minimum Gasteiger partial charge on any atom is -0.497 e. The number of aromatic nitrogens is 1. The number of carbonyl (C=O) groups excluding carboxylic acids is 1. The second-order valence-electron chi connectivity index (χ2n) is 6.53. The van der Waals surface area contributed by atoms with E-state index in [0.717, 1.165) is 54.7 Å². The highest BCUT2D eigenvalue weighted by Crippen LogP contribution is 2.13. The van der Waals surface area contributed by atoms with Crippen molar-refractivity contribution in [3.05, 3.63) is 45.9 Å². The Balaban J connectivity index is 1.36. The molecule has 0 spiro atoms. The van der Waals surface area contributed by atoms with E-state index in [1.807, 2.05) is 31.2 Å². The van der Waals surface area contributed by atoms with Gasteiger partial charge in [-0.2, -0.15) is 0 Å². The van der Waals surface area contributed by atoms with Gasteiger partial charge in [-0.3, -0.25) is 14.6 Å². The number of amides is 1. The van der Waals surface area contributed by atoms with Gasteiger partial charge in [-0.1, -0.05) is 12.1 Å². The van der Waals surface area contributed by atoms with Gasteiger partial charge in [-0.05, 0) is 24.6 Å². The lowest BCUT2D eigenvalue weighted by atomic mass is 10.2. The van der Waals surface area contributed by atoms with Crippen LogP contribution >= 0.6 is 11.3 Å². The van der Waals surface area contributed by atoms with Crippen LogP contribution in [0.25, 0.3) is 0 Å². The first-order valence-electron chi connectivity index (χ1n) is 8.88. The highest BCUT2D eigenvalue weighted by Gasteiger charge is 2.19. The summed E-state index contributed by atoms with van der Waals surface area (Å²) in [6.07, 6.45) is 0. The molecule has 0 atom stereocenters. The molecule has 1 N–H and O–H groups in total. The molecule has 1 aliphatic rings. The van der Waals surface area contributed by atoms with Crippen molar-refractivity contribution in [2.75, 3.05) is 39.8 Å². The van der Waals surface area contributed by atoms with Crippen molar-refractivity contribution >= 4 is 17.2 Å². The standard InChI is InChI=1S/C19H26N4O2S/c1-15-21-17(14-26-15)12-22-7-9-23(10-8-22)13-19(24)20-11-16-3-5-18(25-2)6-4-16/h3-6,14H,7-13H2,1-2H3,(H,20,24). The number of benzene rings is 1. The van der Waals surface area contributed by atoms with Crippen molar-refractivity contribution in [3.63, 3.8) is 0 Å². The number of piperazine rings is 1. The molecule has 1 saturated heterocycles. The van der Waals surface area contributed by atoms with Crippen LogP contribution in [0.4, 0.5) is 0 Å². The Hall–Kier alpha value is -1.96. The van der Waals surface area contributed by atoms with E-state index >= 15 is 0 Å². The number of aryl methyl sites for hydroxylation is 1. The van der Waals surface area contributed by atoms with Gasteiger partial charge in [0, 0.05) is 44.6 Å². The second-order valence-corrected chi connectivity index (χ2v) is 7.60. The predicted molar refractivity (Wildman–Crippen MR) is 103 cm³/mol. The lowest BCUT2D eigenvalue weighted by Gasteiger charge is -2.33. The van der Waals surface area contributed by atoms with Crippen LogP contribution in [0.5, 0.6) is 5.75 Å². The molecule has 2 heterocycles. The summed E-state index contributed by atoms with van der Waals surface area (Å²) < 4.78 is 5.14. The summed E-state index contributed by atoms with van der Waals surface area (Å²) >= 11 is 1.70. The van der Waals surface area contributed by atoms with E-state index in [0.29, 0.717) is 13.1 Å². The molecule has 3 rings (SSSR count). The third-order valence-corrected chi connectivity index (χ3v) is 5.36. The number of carbonyl (C=O) groups is 1. The Morgan fingerprint density at radius 1 is 1.19 bits per heavy atom. The maximum absolute atomic E-state index is 12.2. The number of thiazole rings is 1. The van der Waals surface area contributed by atoms with Crippen LogP contribution in [-0.4, -0.2) is 60.5 Å². The molecular formula is C19H26N4O2S. The summed E-state index contributed by atoms with van der Waals surface area (Å²) in [6.45, 7) is 7.73. The van der Waals surface area contributed by atoms with E-state index in [-0.39, 0.29) is 5.91 Å². The number of hydrogen-bond donors (Lipinski definition) is 1. The van der Waals surface area contributed by atoms with Gasteiger partial charge in [-0.25, -0.2) is 4.98 Å². The highest BCUT2D eigenvalue weighted by molar-refractivity contribution is 7.09. The predicted octanol–water partition coefficient (Wildman–Crippen LogP) is 1.89. The van der Waals surface area contributed by atoms with Crippen molar-refractivity contribution in [1.82, 2.24) is 20.1 Å². The van der Waals surface area contributed by atoms with E-state index in [4.69, 9.17) is 4.74 Å². The maximum atomic E-state index is 12.2. The fourth-order valence-corrected chi connectivity index (χ4v) is 3.62. The first-order valence-corrected chi connectivity index (χ1v) is 9.75. The van der Waals surface area contributed by atoms with E-state index in [2.05, 4.69) is 25.5 Å². The molecule has 1 fully saturated rings. The Morgan fingerprint density at radius 3 is 2.50 bits per heavy atom. The third-order valence-electron chi connectivity index (χ3n) is 4.53. The minimum absolute atomic E-state index is 0.0735. The summed E-state index contributed by atoms with van der Waals surface area (Å²) in [5.74, 6) is 0.898. The number of rotatable bonds is 7. The third kappa shape index (κ3) is 5.52. The number of methoxy groups -OCH3 is 1. The number of nitrogens with one attached hydrogen (secondary N) is 1. The van der Waals surface area contributed by atoms with E-state index < -0.39 is 0 Å². The van der Waals surface area contributed by atoms with E-state index in [9.17, 15) is 4.79 Å². The summed E-state index contributed by atoms with van der Waals surface area (Å²) in [6, 6.07) is 7.76. The first-order chi connectivity index (χ1) is 12.6. The number of ether oxygens (including phenoxy) is 1. The van der Waals surface area contributed by atoms with Gasteiger partial charge < -0.3 is 10.1 Å². The first kappa shape index (κ1) is 18.8. The SMILES string of the molecule is COc1ccc(CNC(=O)CN2CCN(Cc3csc(C)n3)CC2)cc1. The van der Waals surface area contributed by atoms with Crippen molar-refractivity contribution in [2.24, 2.45) is 0 Å². The van der Waals surface area contributed by atoms with Crippen molar-refractivity contribution in [3.8, 4) is 5.75 Å². The number of hydrogen-bond acceptors (Lipinski definition) is 6. The second kappa shape index (κ2) is 9.12. The summed E-state index contributed by atoms with van der Waals surface area (Å²) in [7, 11) is 1.65. The van der Waals surface area contributed by atoms with Gasteiger partial charge in [-0.15, -0.1) is 11.3 Å². The van der Waals surface area contributed by atoms with Gasteiger partial charge >= 0.3 is 0 Å².